The molecule has 0 aliphatic heterocycles. The molecule has 1 aromatic rings. The molecule has 0 N–H and O–H groups in total. The molecule has 0 atom stereocenters. The van der Waals surface area contributed by atoms with Gasteiger partial charge in [0.05, 0.1) is 5.56 Å². The Morgan fingerprint density at radius 1 is 1.12 bits per heavy atom. The van der Waals surface area contributed by atoms with Gasteiger partial charge in [-0.1, -0.05) is 33.8 Å². The lowest BCUT2D eigenvalue weighted by Gasteiger charge is -2.20. The van der Waals surface area contributed by atoms with E-state index in [2.05, 4.69) is 0 Å². The molecule has 0 radical (unpaired) electrons. The first-order valence-electron chi connectivity index (χ1n) is 6.01. The van der Waals surface area contributed by atoms with Gasteiger partial charge >= 0.3 is 6.18 Å². The summed E-state index contributed by atoms with van der Waals surface area (Å²) in [4.78, 5) is 0. The van der Waals surface area contributed by atoms with Gasteiger partial charge in [0.15, 0.2) is 0 Å². The average molecular weight is 244 g/mol. The van der Waals surface area contributed by atoms with Crippen molar-refractivity contribution in [2.75, 3.05) is 0 Å². The number of fused-ring (bicyclic) bond motifs is 1. The predicted molar refractivity (Wildman–Crippen MR) is 64.1 cm³/mol. The van der Waals surface area contributed by atoms with Gasteiger partial charge in [-0.25, -0.2) is 0 Å². The Morgan fingerprint density at radius 3 is 2.24 bits per heavy atom. The van der Waals surface area contributed by atoms with E-state index in [1.54, 1.807) is 6.07 Å². The van der Waals surface area contributed by atoms with E-state index in [0.717, 1.165) is 24.0 Å². The largest absolute Gasteiger partial charge is 0.416 e. The molecule has 0 saturated carbocycles. The molecule has 1 aliphatic carbocycles. The fourth-order valence-corrected chi connectivity index (χ4v) is 2.18. The number of rotatable bonds is 0. The number of alkyl halides is 3. The average Bonchev–Trinajstić information content (AvgIpc) is 2.56. The van der Waals surface area contributed by atoms with Gasteiger partial charge in [-0.2, -0.15) is 13.2 Å². The molecular formula is C14H19F3. The second-order valence-electron chi connectivity index (χ2n) is 4.75. The molecule has 0 saturated heterocycles. The quantitative estimate of drug-likeness (QED) is 0.605. The van der Waals surface area contributed by atoms with Crippen LogP contribution in [0.2, 0.25) is 0 Å². The summed E-state index contributed by atoms with van der Waals surface area (Å²) in [7, 11) is 0. The summed E-state index contributed by atoms with van der Waals surface area (Å²) in [6.45, 7) is 8.00. The standard InChI is InChI=1S/C12H13F3.C2H6/c1-11(2)6-5-8-3-4-9(7-10(8)11)12(13,14)15;1-2/h3-4,7H,5-6H2,1-2H3;1-2H3. The third kappa shape index (κ3) is 2.82. The molecule has 2 rings (SSSR count). The smallest absolute Gasteiger partial charge is 0.166 e. The van der Waals surface area contributed by atoms with Gasteiger partial charge in [-0.3, -0.25) is 0 Å². The van der Waals surface area contributed by atoms with Crippen LogP contribution in [-0.2, 0) is 18.0 Å². The van der Waals surface area contributed by atoms with Crippen LogP contribution in [0.4, 0.5) is 13.2 Å². The summed E-state index contributed by atoms with van der Waals surface area (Å²) in [5.41, 5.74) is 1.28. The predicted octanol–water partition coefficient (Wildman–Crippen LogP) is 4.96. The van der Waals surface area contributed by atoms with Crippen molar-refractivity contribution in [1.82, 2.24) is 0 Å². The molecule has 96 valence electrons. The van der Waals surface area contributed by atoms with Crippen LogP contribution in [0.15, 0.2) is 18.2 Å². The highest BCUT2D eigenvalue weighted by atomic mass is 19.4. The molecule has 1 aromatic carbocycles. The van der Waals surface area contributed by atoms with Gasteiger partial charge in [-0.15, -0.1) is 0 Å². The minimum atomic E-state index is -4.23. The first-order valence-corrected chi connectivity index (χ1v) is 6.01. The van der Waals surface area contributed by atoms with E-state index in [1.165, 1.54) is 12.1 Å². The number of hydrogen-bond acceptors (Lipinski definition) is 0. The minimum absolute atomic E-state index is 0.114. The Balaban J connectivity index is 0.000000686. The van der Waals surface area contributed by atoms with Crippen molar-refractivity contribution in [3.8, 4) is 0 Å². The Kier molecular flexibility index (Phi) is 3.90. The number of hydrogen-bond donors (Lipinski definition) is 0. The zero-order valence-electron chi connectivity index (χ0n) is 10.8. The summed E-state index contributed by atoms with van der Waals surface area (Å²) in [6.07, 6.45) is -2.40. The molecule has 0 spiro atoms. The highest BCUT2D eigenvalue weighted by Gasteiger charge is 2.35. The monoisotopic (exact) mass is 244 g/mol. The normalized spacial score (nSPS) is 17.1. The maximum absolute atomic E-state index is 12.5. The van der Waals surface area contributed by atoms with Crippen LogP contribution < -0.4 is 0 Å². The Hall–Kier alpha value is -0.990. The van der Waals surface area contributed by atoms with E-state index in [0.29, 0.717) is 0 Å². The van der Waals surface area contributed by atoms with Gasteiger partial charge in [0, 0.05) is 0 Å². The third-order valence-corrected chi connectivity index (χ3v) is 3.19. The fourth-order valence-electron chi connectivity index (χ4n) is 2.18. The van der Waals surface area contributed by atoms with E-state index in [9.17, 15) is 13.2 Å². The first-order chi connectivity index (χ1) is 7.81. The van der Waals surface area contributed by atoms with Crippen LogP contribution in [0.1, 0.15) is 50.8 Å². The van der Waals surface area contributed by atoms with Crippen molar-refractivity contribution in [2.24, 2.45) is 0 Å². The van der Waals surface area contributed by atoms with Crippen LogP contribution in [0.5, 0.6) is 0 Å². The second-order valence-corrected chi connectivity index (χ2v) is 4.75. The van der Waals surface area contributed by atoms with Crippen molar-refractivity contribution in [3.63, 3.8) is 0 Å². The molecule has 17 heavy (non-hydrogen) atoms. The van der Waals surface area contributed by atoms with Crippen LogP contribution >= 0.6 is 0 Å². The van der Waals surface area contributed by atoms with E-state index in [4.69, 9.17) is 0 Å². The van der Waals surface area contributed by atoms with Crippen molar-refractivity contribution >= 4 is 0 Å². The molecule has 0 nitrogen and oxygen atoms in total. The molecule has 0 bridgehead atoms. The Morgan fingerprint density at radius 2 is 1.71 bits per heavy atom. The molecule has 1 aliphatic rings. The van der Waals surface area contributed by atoms with Gasteiger partial charge in [-0.05, 0) is 41.5 Å². The SMILES string of the molecule is CC.CC1(C)CCc2ccc(C(F)(F)F)cc21. The zero-order chi connectivity index (χ0) is 13.3. The van der Waals surface area contributed by atoms with E-state index >= 15 is 0 Å². The molecule has 3 heteroatoms. The van der Waals surface area contributed by atoms with E-state index in [-0.39, 0.29) is 5.41 Å². The molecular weight excluding hydrogens is 225 g/mol. The molecule has 0 aromatic heterocycles. The van der Waals surface area contributed by atoms with E-state index in [1.807, 2.05) is 27.7 Å². The molecule has 0 heterocycles. The number of halogens is 3. The third-order valence-electron chi connectivity index (χ3n) is 3.19. The van der Waals surface area contributed by atoms with Crippen molar-refractivity contribution < 1.29 is 13.2 Å². The lowest BCUT2D eigenvalue weighted by molar-refractivity contribution is -0.137. The van der Waals surface area contributed by atoms with E-state index < -0.39 is 11.7 Å². The summed E-state index contributed by atoms with van der Waals surface area (Å²) >= 11 is 0. The topological polar surface area (TPSA) is 0 Å². The van der Waals surface area contributed by atoms with Crippen LogP contribution in [-0.4, -0.2) is 0 Å². The Labute approximate surface area is 101 Å². The van der Waals surface area contributed by atoms with Gasteiger partial charge < -0.3 is 0 Å². The number of benzene rings is 1. The number of aryl methyl sites for hydroxylation is 1. The molecule has 0 amide bonds. The van der Waals surface area contributed by atoms with Gasteiger partial charge in [0.2, 0.25) is 0 Å². The molecule has 0 unspecified atom stereocenters. The van der Waals surface area contributed by atoms with Crippen molar-refractivity contribution in [1.29, 1.82) is 0 Å². The highest BCUT2D eigenvalue weighted by Crippen LogP contribution is 2.41. The van der Waals surface area contributed by atoms with Crippen LogP contribution in [0, 0.1) is 0 Å². The van der Waals surface area contributed by atoms with Crippen LogP contribution in [0.3, 0.4) is 0 Å². The van der Waals surface area contributed by atoms with Gasteiger partial charge in [0.25, 0.3) is 0 Å². The van der Waals surface area contributed by atoms with Gasteiger partial charge in [0.1, 0.15) is 0 Å². The minimum Gasteiger partial charge on any atom is -0.166 e. The lowest BCUT2D eigenvalue weighted by atomic mass is 9.86. The maximum Gasteiger partial charge on any atom is 0.416 e. The lowest BCUT2D eigenvalue weighted by Crippen LogP contribution is -2.14. The zero-order valence-corrected chi connectivity index (χ0v) is 10.8. The summed E-state index contributed by atoms with van der Waals surface area (Å²) in [6, 6.07) is 4.11. The maximum atomic E-state index is 12.5. The summed E-state index contributed by atoms with van der Waals surface area (Å²) in [5.74, 6) is 0. The molecule has 0 fully saturated rings. The highest BCUT2D eigenvalue weighted by molar-refractivity contribution is 5.41. The summed E-state index contributed by atoms with van der Waals surface area (Å²) in [5, 5.41) is 0. The second kappa shape index (κ2) is 4.71. The first kappa shape index (κ1) is 14.1. The fraction of sp³-hybridized carbons (Fsp3) is 0.571. The van der Waals surface area contributed by atoms with Crippen LogP contribution in [0.25, 0.3) is 0 Å². The van der Waals surface area contributed by atoms with Crippen molar-refractivity contribution in [2.45, 2.75) is 52.1 Å². The van der Waals surface area contributed by atoms with Crippen molar-refractivity contribution in [3.05, 3.63) is 34.9 Å². The Bertz CT molecular complexity index is 389. The summed E-state index contributed by atoms with van der Waals surface area (Å²) < 4.78 is 37.5.